The molecule has 7 heteroatoms. The minimum atomic E-state index is -0.478. The lowest BCUT2D eigenvalue weighted by Gasteiger charge is -2.16. The number of benzene rings is 1. The molecule has 0 saturated carbocycles. The van der Waals surface area contributed by atoms with Crippen molar-refractivity contribution in [2.24, 2.45) is 0 Å². The van der Waals surface area contributed by atoms with Crippen molar-refractivity contribution in [3.8, 4) is 11.5 Å². The second-order valence-electron chi connectivity index (χ2n) is 5.78. The summed E-state index contributed by atoms with van der Waals surface area (Å²) in [6, 6.07) is 4.40. The van der Waals surface area contributed by atoms with Gasteiger partial charge in [0.05, 0.1) is 24.2 Å². The lowest BCUT2D eigenvalue weighted by molar-refractivity contribution is -0.384. The number of non-ortho nitro benzene ring substituents is 1. The maximum absolute atomic E-state index is 12.8. The van der Waals surface area contributed by atoms with Crippen LogP contribution in [0.4, 0.5) is 5.69 Å². The van der Waals surface area contributed by atoms with Gasteiger partial charge in [-0.2, -0.15) is 0 Å². The van der Waals surface area contributed by atoms with E-state index >= 15 is 0 Å². The predicted molar refractivity (Wildman–Crippen MR) is 96.7 cm³/mol. The van der Waals surface area contributed by atoms with Crippen LogP contribution in [0.2, 0.25) is 0 Å². The average Bonchev–Trinajstić information content (AvgIpc) is 2.61. The van der Waals surface area contributed by atoms with Gasteiger partial charge in [0, 0.05) is 24.1 Å². The van der Waals surface area contributed by atoms with Crippen molar-refractivity contribution in [2.75, 3.05) is 13.7 Å². The van der Waals surface area contributed by atoms with E-state index in [0.29, 0.717) is 29.8 Å². The van der Waals surface area contributed by atoms with Gasteiger partial charge in [-0.05, 0) is 19.4 Å². The van der Waals surface area contributed by atoms with Crippen molar-refractivity contribution in [3.05, 3.63) is 38.7 Å². The van der Waals surface area contributed by atoms with Crippen LogP contribution in [0.3, 0.4) is 0 Å². The topological polar surface area (TPSA) is 83.6 Å². The average molecular weight is 348 g/mol. The Bertz CT molecular complexity index is 813. The van der Waals surface area contributed by atoms with Crippen LogP contribution >= 0.6 is 0 Å². The standard InChI is InChI=1S/C18H24N2O5/c1-4-6-7-8-11-25-17-16(24-3)14-10-9-13(20(22)23)12-15(14)19(5-2)18(17)21/h9-10,12H,4-8,11H2,1-3H3. The van der Waals surface area contributed by atoms with Crippen LogP contribution in [-0.4, -0.2) is 23.2 Å². The number of nitrogens with zero attached hydrogens (tertiary/aromatic N) is 2. The van der Waals surface area contributed by atoms with Crippen molar-refractivity contribution in [2.45, 2.75) is 46.1 Å². The molecule has 0 saturated heterocycles. The zero-order valence-corrected chi connectivity index (χ0v) is 14.9. The number of rotatable bonds is 9. The monoisotopic (exact) mass is 348 g/mol. The van der Waals surface area contributed by atoms with E-state index in [1.54, 1.807) is 6.07 Å². The minimum Gasteiger partial charge on any atom is -0.492 e. The summed E-state index contributed by atoms with van der Waals surface area (Å²) >= 11 is 0. The molecule has 0 N–H and O–H groups in total. The minimum absolute atomic E-state index is 0.0654. The first-order chi connectivity index (χ1) is 12.0. The number of aryl methyl sites for hydroxylation is 1. The first-order valence-electron chi connectivity index (χ1n) is 8.56. The van der Waals surface area contributed by atoms with E-state index in [-0.39, 0.29) is 17.0 Å². The fourth-order valence-electron chi connectivity index (χ4n) is 2.85. The Balaban J connectivity index is 2.51. The van der Waals surface area contributed by atoms with Gasteiger partial charge in [0.15, 0.2) is 5.75 Å². The van der Waals surface area contributed by atoms with Crippen molar-refractivity contribution in [3.63, 3.8) is 0 Å². The molecule has 136 valence electrons. The summed E-state index contributed by atoms with van der Waals surface area (Å²) in [5, 5.41) is 11.7. The van der Waals surface area contributed by atoms with Crippen LogP contribution in [0.25, 0.3) is 10.9 Å². The molecule has 7 nitrogen and oxygen atoms in total. The Labute approximate surface area is 146 Å². The van der Waals surface area contributed by atoms with Gasteiger partial charge in [-0.25, -0.2) is 0 Å². The molecule has 0 bridgehead atoms. The first kappa shape index (κ1) is 18.8. The smallest absolute Gasteiger partial charge is 0.297 e. The Morgan fingerprint density at radius 1 is 1.16 bits per heavy atom. The predicted octanol–water partition coefficient (Wildman–Crippen LogP) is 3.90. The lowest BCUT2D eigenvalue weighted by Crippen LogP contribution is -2.23. The molecule has 1 heterocycles. The molecule has 0 amide bonds. The number of methoxy groups -OCH3 is 1. The Morgan fingerprint density at radius 3 is 2.52 bits per heavy atom. The largest absolute Gasteiger partial charge is 0.492 e. The Morgan fingerprint density at radius 2 is 1.92 bits per heavy atom. The Hall–Kier alpha value is -2.57. The summed E-state index contributed by atoms with van der Waals surface area (Å²) < 4.78 is 12.6. The fourth-order valence-corrected chi connectivity index (χ4v) is 2.85. The van der Waals surface area contributed by atoms with Gasteiger partial charge in [0.25, 0.3) is 11.2 Å². The number of ether oxygens (including phenoxy) is 2. The van der Waals surface area contributed by atoms with Gasteiger partial charge < -0.3 is 14.0 Å². The second kappa shape index (κ2) is 8.50. The van der Waals surface area contributed by atoms with Crippen LogP contribution in [0.1, 0.15) is 39.5 Å². The molecule has 0 fully saturated rings. The molecular formula is C18H24N2O5. The Kier molecular flexibility index (Phi) is 6.38. The van der Waals surface area contributed by atoms with Gasteiger partial charge in [-0.1, -0.05) is 26.2 Å². The van der Waals surface area contributed by atoms with Crippen molar-refractivity contribution >= 4 is 16.6 Å². The zero-order chi connectivity index (χ0) is 18.4. The molecule has 0 aliphatic rings. The summed E-state index contributed by atoms with van der Waals surface area (Å²) in [5.41, 5.74) is 0.0732. The van der Waals surface area contributed by atoms with Crippen LogP contribution in [0, 0.1) is 10.1 Å². The highest BCUT2D eigenvalue weighted by Gasteiger charge is 2.20. The van der Waals surface area contributed by atoms with E-state index in [0.717, 1.165) is 25.7 Å². The van der Waals surface area contributed by atoms with Crippen LogP contribution in [0.5, 0.6) is 11.5 Å². The summed E-state index contributed by atoms with van der Waals surface area (Å²) in [7, 11) is 1.47. The quantitative estimate of drug-likeness (QED) is 0.390. The van der Waals surface area contributed by atoms with Crippen LogP contribution < -0.4 is 15.0 Å². The second-order valence-corrected chi connectivity index (χ2v) is 5.78. The molecule has 2 rings (SSSR count). The first-order valence-corrected chi connectivity index (χ1v) is 8.56. The molecule has 0 unspecified atom stereocenters. The van der Waals surface area contributed by atoms with E-state index in [9.17, 15) is 14.9 Å². The molecule has 0 aliphatic heterocycles. The van der Waals surface area contributed by atoms with Crippen molar-refractivity contribution in [1.82, 2.24) is 4.57 Å². The van der Waals surface area contributed by atoms with Gasteiger partial charge >= 0.3 is 0 Å². The molecule has 1 aromatic carbocycles. The van der Waals surface area contributed by atoms with Crippen LogP contribution in [0.15, 0.2) is 23.0 Å². The highest BCUT2D eigenvalue weighted by molar-refractivity contribution is 5.89. The van der Waals surface area contributed by atoms with Crippen molar-refractivity contribution in [1.29, 1.82) is 0 Å². The third-order valence-electron chi connectivity index (χ3n) is 4.14. The summed E-state index contributed by atoms with van der Waals surface area (Å²) in [5.74, 6) is 0.497. The number of pyridine rings is 1. The molecule has 0 spiro atoms. The molecule has 1 aromatic heterocycles. The lowest BCUT2D eigenvalue weighted by atomic mass is 10.1. The summed E-state index contributed by atoms with van der Waals surface area (Å²) in [4.78, 5) is 23.3. The van der Waals surface area contributed by atoms with E-state index in [1.807, 2.05) is 6.92 Å². The molecular weight excluding hydrogens is 324 g/mol. The van der Waals surface area contributed by atoms with E-state index in [1.165, 1.54) is 23.8 Å². The normalized spacial score (nSPS) is 10.8. The maximum atomic E-state index is 12.8. The number of nitro benzene ring substituents is 1. The molecule has 25 heavy (non-hydrogen) atoms. The third kappa shape index (κ3) is 3.92. The SMILES string of the molecule is CCCCCCOc1c(OC)c2ccc([N+](=O)[O-])cc2n(CC)c1=O. The molecule has 0 aliphatic carbocycles. The van der Waals surface area contributed by atoms with Gasteiger partial charge in [-0.3, -0.25) is 14.9 Å². The van der Waals surface area contributed by atoms with Crippen LogP contribution in [-0.2, 0) is 6.54 Å². The molecule has 2 aromatic rings. The number of hydrogen-bond donors (Lipinski definition) is 0. The van der Waals surface area contributed by atoms with Gasteiger partial charge in [0.2, 0.25) is 5.75 Å². The number of nitro groups is 1. The maximum Gasteiger partial charge on any atom is 0.297 e. The fraction of sp³-hybridized carbons (Fsp3) is 0.500. The number of unbranched alkanes of at least 4 members (excludes halogenated alkanes) is 3. The number of aromatic nitrogens is 1. The van der Waals surface area contributed by atoms with Crippen molar-refractivity contribution < 1.29 is 14.4 Å². The zero-order valence-electron chi connectivity index (χ0n) is 14.9. The van der Waals surface area contributed by atoms with E-state index in [4.69, 9.17) is 9.47 Å². The summed E-state index contributed by atoms with van der Waals surface area (Å²) in [6.45, 7) is 4.77. The third-order valence-corrected chi connectivity index (χ3v) is 4.14. The number of fused-ring (bicyclic) bond motifs is 1. The highest BCUT2D eigenvalue weighted by atomic mass is 16.6. The number of hydrogen-bond acceptors (Lipinski definition) is 5. The molecule has 0 radical (unpaired) electrons. The van der Waals surface area contributed by atoms with Gasteiger partial charge in [-0.15, -0.1) is 0 Å². The highest BCUT2D eigenvalue weighted by Crippen LogP contribution is 2.34. The van der Waals surface area contributed by atoms with Gasteiger partial charge in [0.1, 0.15) is 0 Å². The molecule has 0 atom stereocenters. The van der Waals surface area contributed by atoms with E-state index < -0.39 is 4.92 Å². The van der Waals surface area contributed by atoms with E-state index in [2.05, 4.69) is 6.92 Å². The summed E-state index contributed by atoms with van der Waals surface area (Å²) in [6.07, 6.45) is 4.16.